The molecule has 3 rings (SSSR count). The van der Waals surface area contributed by atoms with Crippen molar-refractivity contribution in [3.63, 3.8) is 0 Å². The number of carboxylic acids is 1. The van der Waals surface area contributed by atoms with Gasteiger partial charge in [0, 0.05) is 28.1 Å². The number of carboxylic acid groups (broad SMARTS) is 1. The van der Waals surface area contributed by atoms with Gasteiger partial charge in [-0.3, -0.25) is 10.2 Å². The van der Waals surface area contributed by atoms with Crippen molar-refractivity contribution >= 4 is 28.7 Å². The molecule has 6 nitrogen and oxygen atoms in total. The van der Waals surface area contributed by atoms with E-state index in [0.717, 1.165) is 11.1 Å². The highest BCUT2D eigenvalue weighted by Crippen LogP contribution is 2.31. The van der Waals surface area contributed by atoms with Crippen LogP contribution < -0.4 is 10.4 Å². The molecular formula is C17H15N4O2S+. The van der Waals surface area contributed by atoms with E-state index in [4.69, 9.17) is 5.11 Å². The first-order valence-corrected chi connectivity index (χ1v) is 8.06. The number of pyridine rings is 1. The number of rotatable bonds is 6. The Hall–Kier alpha value is -3.06. The molecule has 0 unspecified atom stereocenters. The average molecular weight is 339 g/mol. The predicted octanol–water partition coefficient (Wildman–Crippen LogP) is 2.70. The van der Waals surface area contributed by atoms with Gasteiger partial charge in [-0.05, 0) is 0 Å². The molecule has 0 aliphatic heterocycles. The molecule has 0 saturated heterocycles. The fraction of sp³-hybridized carbons (Fsp3) is 0.0588. The molecule has 0 amide bonds. The summed E-state index contributed by atoms with van der Waals surface area (Å²) in [5.74, 6) is -0.883. The first-order chi connectivity index (χ1) is 11.7. The number of aromatic nitrogens is 2. The largest absolute Gasteiger partial charge is 0.481 e. The van der Waals surface area contributed by atoms with Crippen LogP contribution in [0.2, 0.25) is 0 Å². The molecule has 0 aliphatic rings. The Balaban J connectivity index is 1.82. The van der Waals surface area contributed by atoms with Gasteiger partial charge >= 0.3 is 5.97 Å². The molecule has 0 saturated carbocycles. The summed E-state index contributed by atoms with van der Waals surface area (Å²) in [6.45, 7) is 0. The van der Waals surface area contributed by atoms with Gasteiger partial charge in [-0.1, -0.05) is 41.7 Å². The van der Waals surface area contributed by atoms with Gasteiger partial charge in [-0.15, -0.1) is 0 Å². The van der Waals surface area contributed by atoms with Crippen molar-refractivity contribution < 1.29 is 14.9 Å². The first-order valence-electron chi connectivity index (χ1n) is 7.24. The van der Waals surface area contributed by atoms with Crippen LogP contribution in [0, 0.1) is 0 Å². The average Bonchev–Trinajstić information content (AvgIpc) is 2.98. The van der Waals surface area contributed by atoms with Gasteiger partial charge in [0.2, 0.25) is 5.13 Å². The van der Waals surface area contributed by atoms with Gasteiger partial charge in [-0.2, -0.15) is 5.10 Å². The van der Waals surface area contributed by atoms with Crippen LogP contribution in [-0.4, -0.2) is 22.3 Å². The van der Waals surface area contributed by atoms with Crippen molar-refractivity contribution in [2.24, 2.45) is 5.10 Å². The third-order valence-corrected chi connectivity index (χ3v) is 4.13. The molecule has 7 heteroatoms. The van der Waals surface area contributed by atoms with E-state index in [-0.39, 0.29) is 6.42 Å². The van der Waals surface area contributed by atoms with E-state index in [2.05, 4.69) is 20.5 Å². The van der Waals surface area contributed by atoms with Crippen molar-refractivity contribution in [3.8, 4) is 11.3 Å². The monoisotopic (exact) mass is 339 g/mol. The normalized spacial score (nSPS) is 10.8. The van der Waals surface area contributed by atoms with Crippen LogP contribution in [0.3, 0.4) is 0 Å². The Morgan fingerprint density at radius 3 is 2.71 bits per heavy atom. The summed E-state index contributed by atoms with van der Waals surface area (Å²) in [5, 5.41) is 13.8. The first kappa shape index (κ1) is 15.8. The smallest absolute Gasteiger partial charge is 0.308 e. The van der Waals surface area contributed by atoms with E-state index < -0.39 is 5.97 Å². The lowest BCUT2D eigenvalue weighted by Crippen LogP contribution is -1.99. The molecule has 24 heavy (non-hydrogen) atoms. The highest BCUT2D eigenvalue weighted by atomic mass is 32.1. The topological polar surface area (TPSA) is 88.7 Å². The maximum Gasteiger partial charge on any atom is 0.308 e. The minimum Gasteiger partial charge on any atom is -0.481 e. The van der Waals surface area contributed by atoms with Crippen molar-refractivity contribution in [2.45, 2.75) is 6.42 Å². The lowest BCUT2D eigenvalue weighted by atomic mass is 10.1. The molecule has 0 atom stereocenters. The van der Waals surface area contributed by atoms with Crippen molar-refractivity contribution in [3.05, 3.63) is 65.3 Å². The number of hydrazone groups is 1. The molecule has 1 aromatic carbocycles. The lowest BCUT2D eigenvalue weighted by Gasteiger charge is -1.99. The predicted molar refractivity (Wildman–Crippen MR) is 93.1 cm³/mol. The lowest BCUT2D eigenvalue weighted by molar-refractivity contribution is -0.378. The Kier molecular flexibility index (Phi) is 4.93. The molecule has 0 aliphatic carbocycles. The summed E-state index contributed by atoms with van der Waals surface area (Å²) in [6.07, 6.45) is 5.22. The molecule has 3 N–H and O–H groups in total. The number of H-pyrrole nitrogens is 1. The summed E-state index contributed by atoms with van der Waals surface area (Å²) in [6, 6.07) is 13.3. The number of carbonyl (C=O) groups is 1. The van der Waals surface area contributed by atoms with Crippen LogP contribution in [0.4, 0.5) is 5.13 Å². The minimum absolute atomic E-state index is 0.0677. The van der Waals surface area contributed by atoms with E-state index in [1.165, 1.54) is 11.3 Å². The highest BCUT2D eigenvalue weighted by molar-refractivity contribution is 7.16. The molecule has 2 heterocycles. The summed E-state index contributed by atoms with van der Waals surface area (Å²) < 4.78 is 0. The van der Waals surface area contributed by atoms with Gasteiger partial charge in [0.1, 0.15) is 0 Å². The fourth-order valence-electron chi connectivity index (χ4n) is 2.13. The fourth-order valence-corrected chi connectivity index (χ4v) is 3.05. The SMILES string of the molecule is O=C(O)Cc1sc(NN=Cc2cc[nH+]cc2)nc1-c1ccccc1. The number of aliphatic carboxylic acids is 1. The number of hydrogen-bond donors (Lipinski definition) is 2. The van der Waals surface area contributed by atoms with Crippen LogP contribution in [0.15, 0.2) is 60.0 Å². The quantitative estimate of drug-likeness (QED) is 0.534. The molecule has 120 valence electrons. The third-order valence-electron chi connectivity index (χ3n) is 3.17. The van der Waals surface area contributed by atoms with Gasteiger partial charge in [0.25, 0.3) is 0 Å². The zero-order chi connectivity index (χ0) is 16.8. The number of nitrogens with one attached hydrogen (secondary N) is 2. The Morgan fingerprint density at radius 1 is 1.25 bits per heavy atom. The number of nitrogens with zero attached hydrogens (tertiary/aromatic N) is 2. The van der Waals surface area contributed by atoms with Crippen molar-refractivity contribution in [1.29, 1.82) is 0 Å². The summed E-state index contributed by atoms with van der Waals surface area (Å²) in [5.41, 5.74) is 5.37. The number of benzene rings is 1. The van der Waals surface area contributed by atoms with E-state index in [1.54, 1.807) is 6.21 Å². The molecule has 0 bridgehead atoms. The second kappa shape index (κ2) is 7.47. The van der Waals surface area contributed by atoms with Gasteiger partial charge in [-0.25, -0.2) is 9.97 Å². The Bertz CT molecular complexity index is 848. The van der Waals surface area contributed by atoms with Gasteiger partial charge in [0.15, 0.2) is 12.4 Å². The van der Waals surface area contributed by atoms with Gasteiger partial charge in [0.05, 0.1) is 18.3 Å². The number of aromatic amines is 1. The zero-order valence-electron chi connectivity index (χ0n) is 12.6. The van der Waals surface area contributed by atoms with E-state index >= 15 is 0 Å². The van der Waals surface area contributed by atoms with E-state index in [0.29, 0.717) is 15.7 Å². The van der Waals surface area contributed by atoms with Crippen molar-refractivity contribution in [2.75, 3.05) is 5.43 Å². The standard InChI is InChI=1S/C17H14N4O2S/c22-15(23)10-14-16(13-4-2-1-3-5-13)20-17(24-14)21-19-11-12-6-8-18-9-7-12/h1-9,11H,10H2,(H,20,21)(H,22,23)/p+1. The van der Waals surface area contributed by atoms with Crippen LogP contribution in [0.1, 0.15) is 10.4 Å². The van der Waals surface area contributed by atoms with Crippen LogP contribution in [0.25, 0.3) is 11.3 Å². The summed E-state index contributed by atoms with van der Waals surface area (Å²) in [7, 11) is 0. The number of hydrogen-bond acceptors (Lipinski definition) is 5. The summed E-state index contributed by atoms with van der Waals surface area (Å²) >= 11 is 1.29. The molecule has 0 spiro atoms. The van der Waals surface area contributed by atoms with Crippen LogP contribution >= 0.6 is 11.3 Å². The summed E-state index contributed by atoms with van der Waals surface area (Å²) in [4.78, 5) is 19.2. The maximum atomic E-state index is 11.1. The molecule has 0 radical (unpaired) electrons. The maximum absolute atomic E-state index is 11.1. The second-order valence-electron chi connectivity index (χ2n) is 4.93. The Labute approximate surface area is 142 Å². The van der Waals surface area contributed by atoms with Crippen molar-refractivity contribution in [1.82, 2.24) is 4.98 Å². The molecule has 2 aromatic heterocycles. The zero-order valence-corrected chi connectivity index (χ0v) is 13.5. The van der Waals surface area contributed by atoms with E-state index in [1.807, 2.05) is 54.9 Å². The number of anilines is 1. The molecule has 3 aromatic rings. The van der Waals surface area contributed by atoms with E-state index in [9.17, 15) is 4.79 Å². The third kappa shape index (κ3) is 4.02. The minimum atomic E-state index is -0.883. The Morgan fingerprint density at radius 2 is 2.00 bits per heavy atom. The second-order valence-corrected chi connectivity index (χ2v) is 6.01. The molecular weight excluding hydrogens is 324 g/mol. The number of thiazole rings is 1. The van der Waals surface area contributed by atoms with Crippen LogP contribution in [0.5, 0.6) is 0 Å². The highest BCUT2D eigenvalue weighted by Gasteiger charge is 2.15. The molecule has 0 fully saturated rings. The van der Waals surface area contributed by atoms with Crippen LogP contribution in [-0.2, 0) is 11.2 Å². The van der Waals surface area contributed by atoms with Gasteiger partial charge < -0.3 is 5.11 Å².